The van der Waals surface area contributed by atoms with Gasteiger partial charge in [0.2, 0.25) is 11.8 Å². The van der Waals surface area contributed by atoms with Gasteiger partial charge < -0.3 is 9.80 Å². The van der Waals surface area contributed by atoms with Crippen molar-refractivity contribution in [3.8, 4) is 0 Å². The zero-order valence-electron chi connectivity index (χ0n) is 15.3. The molecule has 9 heteroatoms. The summed E-state index contributed by atoms with van der Waals surface area (Å²) >= 11 is 0. The van der Waals surface area contributed by atoms with Crippen LogP contribution in [-0.4, -0.2) is 73.6 Å². The van der Waals surface area contributed by atoms with Crippen molar-refractivity contribution < 1.29 is 18.0 Å². The second-order valence-electron chi connectivity index (χ2n) is 7.70. The van der Waals surface area contributed by atoms with Crippen molar-refractivity contribution in [1.82, 2.24) is 14.1 Å². The van der Waals surface area contributed by atoms with Gasteiger partial charge in [0.05, 0.1) is 0 Å². The minimum Gasteiger partial charge on any atom is -0.339 e. The fourth-order valence-corrected chi connectivity index (χ4v) is 5.09. The van der Waals surface area contributed by atoms with E-state index in [4.69, 9.17) is 5.14 Å². The predicted molar refractivity (Wildman–Crippen MR) is 97.1 cm³/mol. The first-order chi connectivity index (χ1) is 12.4. The third kappa shape index (κ3) is 4.55. The molecule has 0 aromatic rings. The van der Waals surface area contributed by atoms with Crippen molar-refractivity contribution >= 4 is 22.0 Å². The summed E-state index contributed by atoms with van der Waals surface area (Å²) in [4.78, 5) is 29.1. The Bertz CT molecular complexity index is 617. The van der Waals surface area contributed by atoms with E-state index >= 15 is 0 Å². The molecule has 26 heavy (non-hydrogen) atoms. The Morgan fingerprint density at radius 3 is 1.54 bits per heavy atom. The topological polar surface area (TPSA) is 104 Å². The number of carbonyl (C=O) groups is 2. The molecule has 2 heterocycles. The average molecular weight is 387 g/mol. The lowest BCUT2D eigenvalue weighted by Gasteiger charge is -2.39. The second kappa shape index (κ2) is 8.22. The van der Waals surface area contributed by atoms with Gasteiger partial charge in [-0.1, -0.05) is 19.3 Å². The van der Waals surface area contributed by atoms with Gasteiger partial charge in [-0.3, -0.25) is 9.59 Å². The van der Waals surface area contributed by atoms with Gasteiger partial charge in [-0.25, -0.2) is 5.14 Å². The summed E-state index contributed by atoms with van der Waals surface area (Å²) in [5, 5.41) is 5.14. The van der Waals surface area contributed by atoms with Crippen molar-refractivity contribution in [2.75, 3.05) is 39.3 Å². The number of carbonyl (C=O) groups excluding carboxylic acids is 2. The van der Waals surface area contributed by atoms with Gasteiger partial charge >= 0.3 is 0 Å². The average Bonchev–Trinajstić information content (AvgIpc) is 2.67. The van der Waals surface area contributed by atoms with Crippen LogP contribution in [0.4, 0.5) is 0 Å². The standard InChI is InChI=1S/C17H30N4O4S/c18-26(24,25)21-8-6-15(7-9-21)17(23)20-12-10-19(11-13-20)16(22)14-4-2-1-3-5-14/h14-15H,1-13H2,(H2,18,24,25). The molecule has 0 bridgehead atoms. The first-order valence-corrected chi connectivity index (χ1v) is 11.2. The highest BCUT2D eigenvalue weighted by Crippen LogP contribution is 2.26. The van der Waals surface area contributed by atoms with Crippen LogP contribution in [0.3, 0.4) is 0 Å². The molecule has 2 amide bonds. The van der Waals surface area contributed by atoms with E-state index in [0.717, 1.165) is 25.7 Å². The molecule has 2 aliphatic heterocycles. The molecule has 8 nitrogen and oxygen atoms in total. The molecule has 3 rings (SSSR count). The first-order valence-electron chi connectivity index (χ1n) is 9.71. The minimum atomic E-state index is -3.66. The first kappa shape index (κ1) is 19.6. The Hall–Kier alpha value is -1.19. The van der Waals surface area contributed by atoms with Gasteiger partial charge in [0.15, 0.2) is 0 Å². The highest BCUT2D eigenvalue weighted by molar-refractivity contribution is 7.86. The lowest BCUT2D eigenvalue weighted by molar-refractivity contribution is -0.145. The largest absolute Gasteiger partial charge is 0.339 e. The van der Waals surface area contributed by atoms with Crippen molar-refractivity contribution in [2.24, 2.45) is 17.0 Å². The Balaban J connectivity index is 1.46. The highest BCUT2D eigenvalue weighted by Gasteiger charge is 2.34. The smallest absolute Gasteiger partial charge is 0.276 e. The zero-order valence-corrected chi connectivity index (χ0v) is 16.1. The van der Waals surface area contributed by atoms with Crippen molar-refractivity contribution in [3.05, 3.63) is 0 Å². The van der Waals surface area contributed by atoms with Crippen LogP contribution in [0.1, 0.15) is 44.9 Å². The lowest BCUT2D eigenvalue weighted by atomic mass is 9.88. The van der Waals surface area contributed by atoms with E-state index in [2.05, 4.69) is 0 Å². The van der Waals surface area contributed by atoms with Crippen molar-refractivity contribution in [1.29, 1.82) is 0 Å². The van der Waals surface area contributed by atoms with Gasteiger partial charge in [0, 0.05) is 51.1 Å². The third-order valence-electron chi connectivity index (χ3n) is 6.02. The zero-order chi connectivity index (χ0) is 18.7. The van der Waals surface area contributed by atoms with E-state index in [1.807, 2.05) is 9.80 Å². The van der Waals surface area contributed by atoms with E-state index in [0.29, 0.717) is 52.1 Å². The number of rotatable bonds is 3. The Morgan fingerprint density at radius 2 is 1.12 bits per heavy atom. The highest BCUT2D eigenvalue weighted by atomic mass is 32.2. The molecule has 0 atom stereocenters. The Morgan fingerprint density at radius 1 is 0.692 bits per heavy atom. The summed E-state index contributed by atoms with van der Waals surface area (Å²) in [7, 11) is -3.66. The minimum absolute atomic E-state index is 0.0869. The summed E-state index contributed by atoms with van der Waals surface area (Å²) in [5.41, 5.74) is 0. The summed E-state index contributed by atoms with van der Waals surface area (Å²) in [6.07, 6.45) is 6.54. The molecule has 0 unspecified atom stereocenters. The van der Waals surface area contributed by atoms with Crippen LogP contribution >= 0.6 is 0 Å². The van der Waals surface area contributed by atoms with E-state index < -0.39 is 10.2 Å². The molecule has 1 saturated carbocycles. The Labute approximate surface area is 155 Å². The summed E-state index contributed by atoms with van der Waals surface area (Å²) in [6, 6.07) is 0. The maximum absolute atomic E-state index is 12.7. The third-order valence-corrected chi connectivity index (χ3v) is 7.11. The fourth-order valence-electron chi connectivity index (χ4n) is 4.37. The normalized spacial score (nSPS) is 24.7. The van der Waals surface area contributed by atoms with E-state index in [9.17, 15) is 18.0 Å². The van der Waals surface area contributed by atoms with Crippen LogP contribution < -0.4 is 5.14 Å². The molecule has 0 spiro atoms. The van der Waals surface area contributed by atoms with E-state index in [1.165, 1.54) is 10.7 Å². The van der Waals surface area contributed by atoms with E-state index in [-0.39, 0.29) is 23.7 Å². The molecule has 1 aliphatic carbocycles. The maximum Gasteiger partial charge on any atom is 0.276 e. The van der Waals surface area contributed by atoms with Crippen LogP contribution in [-0.2, 0) is 19.8 Å². The Kier molecular flexibility index (Phi) is 6.19. The predicted octanol–water partition coefficient (Wildman–Crippen LogP) is 0.153. The summed E-state index contributed by atoms with van der Waals surface area (Å²) in [6.45, 7) is 2.97. The van der Waals surface area contributed by atoms with Gasteiger partial charge in [-0.05, 0) is 25.7 Å². The van der Waals surface area contributed by atoms with Crippen LogP contribution in [0.15, 0.2) is 0 Å². The maximum atomic E-state index is 12.7. The monoisotopic (exact) mass is 386 g/mol. The molecular weight excluding hydrogens is 356 g/mol. The van der Waals surface area contributed by atoms with Gasteiger partial charge in [-0.15, -0.1) is 0 Å². The molecule has 0 aromatic heterocycles. The van der Waals surface area contributed by atoms with Gasteiger partial charge in [0.25, 0.3) is 10.2 Å². The molecule has 2 saturated heterocycles. The second-order valence-corrected chi connectivity index (χ2v) is 9.25. The van der Waals surface area contributed by atoms with Crippen LogP contribution in [0.25, 0.3) is 0 Å². The SMILES string of the molecule is NS(=O)(=O)N1CCC(C(=O)N2CCN(C(=O)C3CCCCC3)CC2)CC1. The molecule has 3 aliphatic rings. The van der Waals surface area contributed by atoms with E-state index in [1.54, 1.807) is 0 Å². The molecular formula is C17H30N4O4S. The number of piperidine rings is 1. The molecule has 0 aromatic carbocycles. The van der Waals surface area contributed by atoms with Crippen molar-refractivity contribution in [3.63, 3.8) is 0 Å². The number of nitrogens with two attached hydrogens (primary N) is 1. The van der Waals surface area contributed by atoms with Crippen molar-refractivity contribution in [2.45, 2.75) is 44.9 Å². The number of amides is 2. The molecule has 148 valence electrons. The summed E-state index contributed by atoms with van der Waals surface area (Å²) in [5.74, 6) is 0.379. The molecule has 3 fully saturated rings. The lowest BCUT2D eigenvalue weighted by Crippen LogP contribution is -2.54. The number of nitrogens with zero attached hydrogens (tertiary/aromatic N) is 3. The molecule has 2 N–H and O–H groups in total. The number of hydrogen-bond acceptors (Lipinski definition) is 4. The van der Waals surface area contributed by atoms with Crippen LogP contribution in [0, 0.1) is 11.8 Å². The number of hydrogen-bond donors (Lipinski definition) is 1. The van der Waals surface area contributed by atoms with Gasteiger partial charge in [0.1, 0.15) is 0 Å². The van der Waals surface area contributed by atoms with Gasteiger partial charge in [-0.2, -0.15) is 12.7 Å². The van der Waals surface area contributed by atoms with Crippen LogP contribution in [0.5, 0.6) is 0 Å². The molecule has 0 radical (unpaired) electrons. The quantitative estimate of drug-likeness (QED) is 0.746. The number of piperazine rings is 1. The van der Waals surface area contributed by atoms with Crippen LogP contribution in [0.2, 0.25) is 0 Å². The summed E-state index contributed by atoms with van der Waals surface area (Å²) < 4.78 is 24.0. The fraction of sp³-hybridized carbons (Fsp3) is 0.882.